The summed E-state index contributed by atoms with van der Waals surface area (Å²) in [5.74, 6) is 0.792. The van der Waals surface area contributed by atoms with Crippen molar-refractivity contribution in [3.05, 3.63) is 60.3 Å². The van der Waals surface area contributed by atoms with Gasteiger partial charge < -0.3 is 4.42 Å². The highest BCUT2D eigenvalue weighted by molar-refractivity contribution is 7.19. The van der Waals surface area contributed by atoms with Crippen molar-refractivity contribution >= 4 is 22.7 Å². The number of furan rings is 1. The average molecular weight is 310 g/mol. The molecule has 0 spiro atoms. The Hall–Kier alpha value is -2.24. The highest BCUT2D eigenvalue weighted by Gasteiger charge is 2.18. The number of hydrogen-bond donors (Lipinski definition) is 0. The minimum atomic E-state index is 0.792. The zero-order valence-corrected chi connectivity index (χ0v) is 12.5. The van der Waals surface area contributed by atoms with Gasteiger partial charge in [-0.25, -0.2) is 4.98 Å². The molecule has 0 saturated carbocycles. The molecular formula is C16H10N2OS2. The van der Waals surface area contributed by atoms with Crippen molar-refractivity contribution in [1.29, 1.82) is 0 Å². The monoisotopic (exact) mass is 310 g/mol. The first-order valence-corrected chi connectivity index (χ1v) is 8.11. The van der Waals surface area contributed by atoms with Gasteiger partial charge in [0.15, 0.2) is 10.8 Å². The molecule has 21 heavy (non-hydrogen) atoms. The van der Waals surface area contributed by atoms with E-state index in [9.17, 15) is 0 Å². The summed E-state index contributed by atoms with van der Waals surface area (Å²) >= 11 is 3.29. The molecule has 5 heteroatoms. The van der Waals surface area contributed by atoms with Gasteiger partial charge in [0.25, 0.3) is 0 Å². The van der Waals surface area contributed by atoms with E-state index in [1.165, 1.54) is 0 Å². The summed E-state index contributed by atoms with van der Waals surface area (Å²) in [6.07, 6.45) is 3.47. The second-order valence-electron chi connectivity index (χ2n) is 4.37. The molecule has 0 radical (unpaired) electrons. The Labute approximate surface area is 129 Å². The Morgan fingerprint density at radius 1 is 1.00 bits per heavy atom. The van der Waals surface area contributed by atoms with Gasteiger partial charge in [-0.15, -0.1) is 22.7 Å². The molecule has 3 nitrogen and oxygen atoms in total. The van der Waals surface area contributed by atoms with E-state index in [0.29, 0.717) is 0 Å². The van der Waals surface area contributed by atoms with Crippen LogP contribution >= 0.6 is 22.7 Å². The lowest BCUT2D eigenvalue weighted by atomic mass is 10.2. The molecule has 0 saturated heterocycles. The van der Waals surface area contributed by atoms with E-state index in [1.54, 1.807) is 35.1 Å². The molecule has 4 rings (SSSR count). The Morgan fingerprint density at radius 3 is 2.71 bits per heavy atom. The third-order valence-corrected chi connectivity index (χ3v) is 4.98. The molecule has 0 aliphatic rings. The Kier molecular flexibility index (Phi) is 3.14. The van der Waals surface area contributed by atoms with E-state index >= 15 is 0 Å². The van der Waals surface area contributed by atoms with E-state index in [-0.39, 0.29) is 0 Å². The van der Waals surface area contributed by atoms with Crippen LogP contribution in [0.25, 0.3) is 31.9 Å². The SMILES string of the molecule is c1ccc(-c2sc(-c3ccco3)nc2-c2cccs2)nc1. The molecule has 0 amide bonds. The van der Waals surface area contributed by atoms with Crippen molar-refractivity contribution in [2.75, 3.05) is 0 Å². The summed E-state index contributed by atoms with van der Waals surface area (Å²) in [5, 5.41) is 2.94. The van der Waals surface area contributed by atoms with Crippen LogP contribution < -0.4 is 0 Å². The predicted molar refractivity (Wildman–Crippen MR) is 86.4 cm³/mol. The molecule has 0 N–H and O–H groups in total. The summed E-state index contributed by atoms with van der Waals surface area (Å²) in [7, 11) is 0. The summed E-state index contributed by atoms with van der Waals surface area (Å²) in [6, 6.07) is 13.8. The van der Waals surface area contributed by atoms with Crippen LogP contribution in [-0.4, -0.2) is 9.97 Å². The first-order valence-electron chi connectivity index (χ1n) is 6.42. The van der Waals surface area contributed by atoms with Gasteiger partial charge in [-0.1, -0.05) is 12.1 Å². The minimum Gasteiger partial charge on any atom is -0.462 e. The number of hydrogen-bond acceptors (Lipinski definition) is 5. The van der Waals surface area contributed by atoms with E-state index in [1.807, 2.05) is 36.4 Å². The molecule has 0 aromatic carbocycles. The Balaban J connectivity index is 1.92. The largest absolute Gasteiger partial charge is 0.462 e. The number of pyridine rings is 1. The first kappa shape index (κ1) is 12.5. The Bertz CT molecular complexity index is 834. The van der Waals surface area contributed by atoms with Gasteiger partial charge in [-0.2, -0.15) is 0 Å². The molecule has 0 aliphatic heterocycles. The lowest BCUT2D eigenvalue weighted by molar-refractivity contribution is 0.582. The fourth-order valence-electron chi connectivity index (χ4n) is 2.08. The van der Waals surface area contributed by atoms with Gasteiger partial charge in [0, 0.05) is 6.20 Å². The molecule has 4 aromatic rings. The van der Waals surface area contributed by atoms with Crippen LogP contribution in [0.3, 0.4) is 0 Å². The van der Waals surface area contributed by atoms with Crippen LogP contribution in [0.4, 0.5) is 0 Å². The van der Waals surface area contributed by atoms with Crippen LogP contribution in [0.5, 0.6) is 0 Å². The first-order chi connectivity index (χ1) is 10.4. The van der Waals surface area contributed by atoms with Crippen molar-refractivity contribution in [3.63, 3.8) is 0 Å². The zero-order valence-electron chi connectivity index (χ0n) is 10.9. The summed E-state index contributed by atoms with van der Waals surface area (Å²) in [4.78, 5) is 11.4. The standard InChI is InChI=1S/C16H10N2OS2/c1-2-8-17-11(5-1)15-14(13-7-4-10-20-13)18-16(21-15)12-6-3-9-19-12/h1-10H. The molecule has 0 fully saturated rings. The van der Waals surface area contributed by atoms with Gasteiger partial charge in [0.1, 0.15) is 5.69 Å². The lowest BCUT2D eigenvalue weighted by Gasteiger charge is -1.98. The third-order valence-electron chi connectivity index (χ3n) is 3.01. The van der Waals surface area contributed by atoms with Crippen molar-refractivity contribution in [2.24, 2.45) is 0 Å². The predicted octanol–water partition coefficient (Wildman–Crippen LogP) is 5.19. The van der Waals surface area contributed by atoms with Gasteiger partial charge in [0.05, 0.1) is 21.7 Å². The Morgan fingerprint density at radius 2 is 2.00 bits per heavy atom. The molecular weight excluding hydrogens is 300 g/mol. The van der Waals surface area contributed by atoms with Crippen LogP contribution in [-0.2, 0) is 0 Å². The number of thiazole rings is 1. The van der Waals surface area contributed by atoms with Crippen LogP contribution in [0.1, 0.15) is 0 Å². The number of thiophene rings is 1. The van der Waals surface area contributed by atoms with Gasteiger partial charge in [-0.05, 0) is 35.7 Å². The minimum absolute atomic E-state index is 0.792. The molecule has 0 bridgehead atoms. The van der Waals surface area contributed by atoms with E-state index in [4.69, 9.17) is 9.40 Å². The second-order valence-corrected chi connectivity index (χ2v) is 6.31. The third kappa shape index (κ3) is 2.30. The number of rotatable bonds is 3. The number of aromatic nitrogens is 2. The maximum Gasteiger partial charge on any atom is 0.162 e. The molecule has 4 aromatic heterocycles. The maximum atomic E-state index is 5.47. The van der Waals surface area contributed by atoms with Crippen molar-refractivity contribution < 1.29 is 4.42 Å². The number of nitrogens with zero attached hydrogens (tertiary/aromatic N) is 2. The van der Waals surface area contributed by atoms with Gasteiger partial charge >= 0.3 is 0 Å². The molecule has 0 unspecified atom stereocenters. The van der Waals surface area contributed by atoms with E-state index in [0.717, 1.165) is 31.9 Å². The molecule has 0 aliphatic carbocycles. The van der Waals surface area contributed by atoms with Crippen molar-refractivity contribution in [2.45, 2.75) is 0 Å². The van der Waals surface area contributed by atoms with Crippen LogP contribution in [0, 0.1) is 0 Å². The van der Waals surface area contributed by atoms with Crippen LogP contribution in [0.2, 0.25) is 0 Å². The van der Waals surface area contributed by atoms with Gasteiger partial charge in [-0.3, -0.25) is 4.98 Å². The van der Waals surface area contributed by atoms with E-state index in [2.05, 4.69) is 16.4 Å². The fourth-order valence-corrected chi connectivity index (χ4v) is 3.89. The summed E-state index contributed by atoms with van der Waals surface area (Å²) < 4.78 is 5.47. The lowest BCUT2D eigenvalue weighted by Crippen LogP contribution is -1.81. The van der Waals surface area contributed by atoms with Crippen molar-refractivity contribution in [1.82, 2.24) is 9.97 Å². The highest BCUT2D eigenvalue weighted by Crippen LogP contribution is 2.41. The fraction of sp³-hybridized carbons (Fsp3) is 0. The topological polar surface area (TPSA) is 38.9 Å². The quantitative estimate of drug-likeness (QED) is 0.522. The summed E-state index contributed by atoms with van der Waals surface area (Å²) in [6.45, 7) is 0. The van der Waals surface area contributed by atoms with Crippen molar-refractivity contribution in [3.8, 4) is 31.9 Å². The normalized spacial score (nSPS) is 10.9. The average Bonchev–Trinajstić information content (AvgIpc) is 3.27. The smallest absolute Gasteiger partial charge is 0.162 e. The molecule has 4 heterocycles. The molecule has 102 valence electrons. The molecule has 0 atom stereocenters. The van der Waals surface area contributed by atoms with Gasteiger partial charge in [0.2, 0.25) is 0 Å². The maximum absolute atomic E-state index is 5.47. The van der Waals surface area contributed by atoms with Crippen LogP contribution in [0.15, 0.2) is 64.7 Å². The second kappa shape index (κ2) is 5.27. The zero-order chi connectivity index (χ0) is 14.1. The highest BCUT2D eigenvalue weighted by atomic mass is 32.1. The summed E-state index contributed by atoms with van der Waals surface area (Å²) in [5.41, 5.74) is 1.91. The van der Waals surface area contributed by atoms with E-state index < -0.39 is 0 Å².